The molecule has 0 saturated carbocycles. The Morgan fingerprint density at radius 3 is 2.23 bits per heavy atom. The molecule has 162 valence electrons. The Morgan fingerprint density at radius 2 is 1.58 bits per heavy atom. The molecule has 0 bridgehead atoms. The van der Waals surface area contributed by atoms with E-state index in [2.05, 4.69) is 0 Å². The zero-order valence-electron chi connectivity index (χ0n) is 17.7. The molecular weight excluding hydrogens is 394 g/mol. The minimum Gasteiger partial charge on any atom is -0.494 e. The van der Waals surface area contributed by atoms with Gasteiger partial charge >= 0.3 is 0 Å². The number of benzene rings is 2. The van der Waals surface area contributed by atoms with Crippen molar-refractivity contribution in [3.8, 4) is 5.75 Å². The number of amides is 3. The minimum atomic E-state index is -0.351. The summed E-state index contributed by atoms with van der Waals surface area (Å²) < 4.78 is 5.45. The summed E-state index contributed by atoms with van der Waals surface area (Å²) >= 11 is 0. The van der Waals surface area contributed by atoms with Crippen LogP contribution in [0.15, 0.2) is 54.6 Å². The normalized spacial score (nSPS) is 18.9. The Balaban J connectivity index is 1.33. The first-order valence-electron chi connectivity index (χ1n) is 10.7. The van der Waals surface area contributed by atoms with Crippen LogP contribution in [0.3, 0.4) is 0 Å². The predicted octanol–water partition coefficient (Wildman–Crippen LogP) is 2.42. The fraction of sp³-hybridized carbons (Fsp3) is 0.375. The number of nitrogens with zero attached hydrogens (tertiary/aromatic N) is 3. The highest BCUT2D eigenvalue weighted by Gasteiger charge is 2.38. The SMILES string of the molecule is CCOc1ccc(N2C[C@@H](C(=O)N3CCN(C(=O)c4ccccc4)CC3)CC2=O)cc1. The van der Waals surface area contributed by atoms with Crippen LogP contribution < -0.4 is 9.64 Å². The summed E-state index contributed by atoms with van der Waals surface area (Å²) in [6.07, 6.45) is 0.217. The van der Waals surface area contributed by atoms with Crippen LogP contribution in [0.1, 0.15) is 23.7 Å². The maximum Gasteiger partial charge on any atom is 0.253 e. The van der Waals surface area contributed by atoms with Crippen LogP contribution in [-0.2, 0) is 9.59 Å². The number of piperazine rings is 1. The number of hydrogen-bond acceptors (Lipinski definition) is 4. The summed E-state index contributed by atoms with van der Waals surface area (Å²) in [5, 5.41) is 0. The van der Waals surface area contributed by atoms with E-state index in [0.29, 0.717) is 44.9 Å². The molecule has 2 saturated heterocycles. The highest BCUT2D eigenvalue weighted by molar-refractivity contribution is 6.00. The molecule has 2 aromatic rings. The van der Waals surface area contributed by atoms with Gasteiger partial charge in [0.1, 0.15) is 5.75 Å². The third-order valence-corrected chi connectivity index (χ3v) is 5.83. The topological polar surface area (TPSA) is 70.2 Å². The number of ether oxygens (including phenoxy) is 1. The quantitative estimate of drug-likeness (QED) is 0.744. The average Bonchev–Trinajstić information content (AvgIpc) is 3.21. The molecule has 2 aromatic carbocycles. The molecule has 7 heteroatoms. The van der Waals surface area contributed by atoms with Crippen molar-refractivity contribution in [2.75, 3.05) is 44.2 Å². The van der Waals surface area contributed by atoms with Crippen LogP contribution >= 0.6 is 0 Å². The number of carbonyl (C=O) groups excluding carboxylic acids is 3. The van der Waals surface area contributed by atoms with Gasteiger partial charge in [0.05, 0.1) is 12.5 Å². The molecule has 0 aliphatic carbocycles. The third-order valence-electron chi connectivity index (χ3n) is 5.83. The lowest BCUT2D eigenvalue weighted by atomic mass is 10.1. The van der Waals surface area contributed by atoms with E-state index in [1.807, 2.05) is 49.4 Å². The lowest BCUT2D eigenvalue weighted by Gasteiger charge is -2.36. The van der Waals surface area contributed by atoms with E-state index >= 15 is 0 Å². The average molecular weight is 421 g/mol. The number of rotatable bonds is 5. The molecule has 0 radical (unpaired) electrons. The summed E-state index contributed by atoms with van der Waals surface area (Å²) in [7, 11) is 0. The van der Waals surface area contributed by atoms with Crippen molar-refractivity contribution in [1.29, 1.82) is 0 Å². The zero-order valence-corrected chi connectivity index (χ0v) is 17.7. The first kappa shape index (κ1) is 20.9. The van der Waals surface area contributed by atoms with E-state index in [-0.39, 0.29) is 30.1 Å². The molecule has 31 heavy (non-hydrogen) atoms. The molecule has 2 fully saturated rings. The van der Waals surface area contributed by atoms with Crippen molar-refractivity contribution in [2.24, 2.45) is 5.92 Å². The predicted molar refractivity (Wildman–Crippen MR) is 117 cm³/mol. The molecule has 0 unspecified atom stereocenters. The van der Waals surface area contributed by atoms with E-state index in [4.69, 9.17) is 4.74 Å². The van der Waals surface area contributed by atoms with Gasteiger partial charge in [0.15, 0.2) is 0 Å². The van der Waals surface area contributed by atoms with Crippen LogP contribution in [-0.4, -0.2) is 66.9 Å². The van der Waals surface area contributed by atoms with Crippen LogP contribution in [0.5, 0.6) is 5.75 Å². The molecule has 2 aliphatic heterocycles. The number of hydrogen-bond donors (Lipinski definition) is 0. The molecule has 2 aliphatic rings. The van der Waals surface area contributed by atoms with Crippen LogP contribution in [0.25, 0.3) is 0 Å². The fourth-order valence-electron chi connectivity index (χ4n) is 4.16. The summed E-state index contributed by atoms with van der Waals surface area (Å²) in [6, 6.07) is 16.6. The Labute approximate surface area is 182 Å². The van der Waals surface area contributed by atoms with E-state index in [0.717, 1.165) is 11.4 Å². The summed E-state index contributed by atoms with van der Waals surface area (Å²) in [5.41, 5.74) is 1.44. The van der Waals surface area contributed by atoms with Crippen molar-refractivity contribution in [1.82, 2.24) is 9.80 Å². The first-order valence-corrected chi connectivity index (χ1v) is 10.7. The Hall–Kier alpha value is -3.35. The minimum absolute atomic E-state index is 0.00593. The van der Waals surface area contributed by atoms with Gasteiger partial charge in [-0.3, -0.25) is 14.4 Å². The van der Waals surface area contributed by atoms with Gasteiger partial charge in [0.25, 0.3) is 5.91 Å². The van der Waals surface area contributed by atoms with Gasteiger partial charge in [-0.25, -0.2) is 0 Å². The lowest BCUT2D eigenvalue weighted by Crippen LogP contribution is -2.52. The Bertz CT molecular complexity index is 937. The maximum atomic E-state index is 13.0. The standard InChI is InChI=1S/C24H27N3O4/c1-2-31-21-10-8-20(9-11-21)27-17-19(16-22(27)28)24(30)26-14-12-25(13-15-26)23(29)18-6-4-3-5-7-18/h3-11,19H,2,12-17H2,1H3/t19-/m0/s1. The summed E-state index contributed by atoms with van der Waals surface area (Å²) in [5.74, 6) is 0.350. The lowest BCUT2D eigenvalue weighted by molar-refractivity contribution is -0.137. The molecular formula is C24H27N3O4. The second kappa shape index (κ2) is 9.20. The summed E-state index contributed by atoms with van der Waals surface area (Å²) in [6.45, 7) is 4.88. The van der Waals surface area contributed by atoms with Gasteiger partial charge in [-0.15, -0.1) is 0 Å². The van der Waals surface area contributed by atoms with E-state index < -0.39 is 0 Å². The molecule has 0 N–H and O–H groups in total. The van der Waals surface area contributed by atoms with E-state index in [1.165, 1.54) is 0 Å². The van der Waals surface area contributed by atoms with Crippen molar-refractivity contribution < 1.29 is 19.1 Å². The van der Waals surface area contributed by atoms with Gasteiger partial charge in [-0.05, 0) is 43.3 Å². The first-order chi connectivity index (χ1) is 15.1. The van der Waals surface area contributed by atoms with Crippen molar-refractivity contribution in [3.05, 3.63) is 60.2 Å². The van der Waals surface area contributed by atoms with Gasteiger partial charge < -0.3 is 19.4 Å². The fourth-order valence-corrected chi connectivity index (χ4v) is 4.16. The molecule has 0 spiro atoms. The monoisotopic (exact) mass is 421 g/mol. The van der Waals surface area contributed by atoms with Crippen molar-refractivity contribution in [2.45, 2.75) is 13.3 Å². The second-order valence-corrected chi connectivity index (χ2v) is 7.82. The summed E-state index contributed by atoms with van der Waals surface area (Å²) in [4.78, 5) is 43.4. The zero-order chi connectivity index (χ0) is 21.8. The van der Waals surface area contributed by atoms with Gasteiger partial charge in [0, 0.05) is 50.4 Å². The van der Waals surface area contributed by atoms with Crippen molar-refractivity contribution in [3.63, 3.8) is 0 Å². The van der Waals surface area contributed by atoms with Crippen LogP contribution in [0.4, 0.5) is 5.69 Å². The highest BCUT2D eigenvalue weighted by Crippen LogP contribution is 2.28. The van der Waals surface area contributed by atoms with Crippen LogP contribution in [0.2, 0.25) is 0 Å². The molecule has 4 rings (SSSR count). The van der Waals surface area contributed by atoms with Crippen molar-refractivity contribution >= 4 is 23.4 Å². The molecule has 7 nitrogen and oxygen atoms in total. The number of anilines is 1. The largest absolute Gasteiger partial charge is 0.494 e. The second-order valence-electron chi connectivity index (χ2n) is 7.82. The van der Waals surface area contributed by atoms with E-state index in [1.54, 1.807) is 26.8 Å². The van der Waals surface area contributed by atoms with Crippen LogP contribution in [0, 0.1) is 5.92 Å². The molecule has 1 atom stereocenters. The van der Waals surface area contributed by atoms with Gasteiger partial charge in [-0.2, -0.15) is 0 Å². The molecule has 3 amide bonds. The van der Waals surface area contributed by atoms with Gasteiger partial charge in [0.2, 0.25) is 11.8 Å². The van der Waals surface area contributed by atoms with Gasteiger partial charge in [-0.1, -0.05) is 18.2 Å². The molecule has 0 aromatic heterocycles. The third kappa shape index (κ3) is 4.55. The highest BCUT2D eigenvalue weighted by atomic mass is 16.5. The smallest absolute Gasteiger partial charge is 0.253 e. The maximum absolute atomic E-state index is 13.0. The number of carbonyl (C=O) groups is 3. The molecule has 2 heterocycles. The Kier molecular flexibility index (Phi) is 6.21. The van der Waals surface area contributed by atoms with E-state index in [9.17, 15) is 14.4 Å². The Morgan fingerprint density at radius 1 is 0.935 bits per heavy atom.